The number of ether oxygens (including phenoxy) is 2. The van der Waals surface area contributed by atoms with Crippen LogP contribution in [0.3, 0.4) is 0 Å². The van der Waals surface area contributed by atoms with Gasteiger partial charge in [0.05, 0.1) is 14.5 Å². The van der Waals surface area contributed by atoms with Crippen LogP contribution < -0.4 is 10.1 Å². The highest BCUT2D eigenvalue weighted by Crippen LogP contribution is 2.34. The van der Waals surface area contributed by atoms with E-state index in [0.717, 1.165) is 16.7 Å². The molecule has 2 saturated heterocycles. The summed E-state index contributed by atoms with van der Waals surface area (Å²) < 4.78 is 18.8. The van der Waals surface area contributed by atoms with Gasteiger partial charge >= 0.3 is 0 Å². The van der Waals surface area contributed by atoms with Crippen LogP contribution in [0.25, 0.3) is 0 Å². The van der Waals surface area contributed by atoms with Gasteiger partial charge in [-0.2, -0.15) is 0 Å². The van der Waals surface area contributed by atoms with Crippen molar-refractivity contribution in [2.75, 3.05) is 19.7 Å². The van der Waals surface area contributed by atoms with Crippen molar-refractivity contribution in [3.8, 4) is 5.75 Å². The molecule has 176 valence electrons. The van der Waals surface area contributed by atoms with Crippen molar-refractivity contribution in [2.45, 2.75) is 38.6 Å². The van der Waals surface area contributed by atoms with Gasteiger partial charge in [-0.25, -0.2) is 0 Å². The van der Waals surface area contributed by atoms with Crippen molar-refractivity contribution in [2.24, 2.45) is 0 Å². The molecule has 2 aromatic rings. The minimum absolute atomic E-state index is 0.157. The van der Waals surface area contributed by atoms with E-state index in [1.165, 1.54) is 0 Å². The first-order valence-electron chi connectivity index (χ1n) is 11.9. The largest absolute Gasteiger partial charge is 0.489 e. The molecule has 8 heteroatoms. The van der Waals surface area contributed by atoms with Crippen molar-refractivity contribution >= 4 is 17.7 Å². The number of allylic oxidation sites excluding steroid dienone is 1. The van der Waals surface area contributed by atoms with E-state index < -0.39 is 12.6 Å². The predicted octanol–water partition coefficient (Wildman–Crippen LogP) is 2.37. The van der Waals surface area contributed by atoms with E-state index >= 15 is 0 Å². The molecular formula is C26H27N3O5. The minimum atomic E-state index is -1.14. The van der Waals surface area contributed by atoms with E-state index in [1.807, 2.05) is 30.3 Å². The smallest absolute Gasteiger partial charge is 0.255 e. The number of nitrogens with zero attached hydrogens (tertiary/aromatic N) is 2. The van der Waals surface area contributed by atoms with Crippen LogP contribution in [0.4, 0.5) is 0 Å². The fourth-order valence-corrected chi connectivity index (χ4v) is 4.53. The number of benzene rings is 2. The molecule has 3 amide bonds. The molecule has 1 N–H and O–H groups in total. The van der Waals surface area contributed by atoms with Crippen LogP contribution in [-0.4, -0.2) is 53.3 Å². The van der Waals surface area contributed by atoms with Crippen LogP contribution in [0.15, 0.2) is 54.7 Å². The summed E-state index contributed by atoms with van der Waals surface area (Å²) in [6.45, 7) is 4.60. The zero-order valence-electron chi connectivity index (χ0n) is 19.8. The molecule has 3 aliphatic heterocycles. The number of amides is 3. The summed E-state index contributed by atoms with van der Waals surface area (Å²) in [7, 11) is 0. The highest BCUT2D eigenvalue weighted by atomic mass is 16.5. The Balaban J connectivity index is 1.23. The highest BCUT2D eigenvalue weighted by molar-refractivity contribution is 6.02. The van der Waals surface area contributed by atoms with Crippen molar-refractivity contribution in [3.63, 3.8) is 0 Å². The third kappa shape index (κ3) is 4.41. The maximum Gasteiger partial charge on any atom is 0.255 e. The number of nitrogens with one attached hydrogen (secondary N) is 1. The second-order valence-electron chi connectivity index (χ2n) is 8.72. The van der Waals surface area contributed by atoms with Gasteiger partial charge in [0.15, 0.2) is 0 Å². The normalized spacial score (nSPS) is 23.0. The quantitative estimate of drug-likeness (QED) is 0.712. The second-order valence-corrected chi connectivity index (χ2v) is 8.72. The topological polar surface area (TPSA) is 88.2 Å². The average molecular weight is 463 g/mol. The van der Waals surface area contributed by atoms with Crippen molar-refractivity contribution < 1.29 is 25.2 Å². The van der Waals surface area contributed by atoms with E-state index in [1.54, 1.807) is 21.9 Å². The standard InChI is InChI=1S/C26H27N3O5/c1-17-5-10-22(25(31)27-17)29-14-21-20(26(29)32)3-2-4-23(21)34-15-19-8-6-18(7-9-19)13-28-11-12-33-16-24(28)30/h2-4,6-9,22H,1,5,10-16H2,(H,27,31)/i16D. The van der Waals surface area contributed by atoms with Gasteiger partial charge < -0.3 is 24.6 Å². The summed E-state index contributed by atoms with van der Waals surface area (Å²) in [6.07, 6.45) is 1.21. The summed E-state index contributed by atoms with van der Waals surface area (Å²) >= 11 is 0. The van der Waals surface area contributed by atoms with Crippen LogP contribution in [0.2, 0.25) is 0 Å². The molecular weight excluding hydrogens is 434 g/mol. The molecule has 8 nitrogen and oxygen atoms in total. The molecule has 2 atom stereocenters. The Hall–Kier alpha value is -3.65. The molecule has 0 spiro atoms. The van der Waals surface area contributed by atoms with Gasteiger partial charge in [-0.1, -0.05) is 36.9 Å². The van der Waals surface area contributed by atoms with E-state index in [-0.39, 0.29) is 17.7 Å². The van der Waals surface area contributed by atoms with Crippen LogP contribution >= 0.6 is 0 Å². The Bertz CT molecular complexity index is 1180. The number of hydrogen-bond donors (Lipinski definition) is 1. The molecule has 34 heavy (non-hydrogen) atoms. The van der Waals surface area contributed by atoms with Gasteiger partial charge in [0.2, 0.25) is 11.8 Å². The minimum Gasteiger partial charge on any atom is -0.489 e. The molecule has 2 aromatic carbocycles. The van der Waals surface area contributed by atoms with Gasteiger partial charge in [0.25, 0.3) is 5.91 Å². The zero-order chi connectivity index (χ0) is 24.5. The Morgan fingerprint density at radius 3 is 2.74 bits per heavy atom. The fraction of sp³-hybridized carbons (Fsp3) is 0.346. The number of piperidine rings is 1. The lowest BCUT2D eigenvalue weighted by Crippen LogP contribution is -2.49. The molecule has 3 heterocycles. The molecule has 0 radical (unpaired) electrons. The van der Waals surface area contributed by atoms with Crippen molar-refractivity contribution in [1.29, 1.82) is 0 Å². The maximum absolute atomic E-state index is 13.0. The van der Waals surface area contributed by atoms with Crippen molar-refractivity contribution in [3.05, 3.63) is 77.0 Å². The molecule has 0 aromatic heterocycles. The Morgan fingerprint density at radius 2 is 1.94 bits per heavy atom. The predicted molar refractivity (Wildman–Crippen MR) is 124 cm³/mol. The van der Waals surface area contributed by atoms with Gasteiger partial charge in [-0.3, -0.25) is 14.4 Å². The number of hydrogen-bond acceptors (Lipinski definition) is 5. The summed E-state index contributed by atoms with van der Waals surface area (Å²) in [6, 6.07) is 12.7. The van der Waals surface area contributed by atoms with Crippen LogP contribution in [0.5, 0.6) is 5.75 Å². The lowest BCUT2D eigenvalue weighted by atomic mass is 10.0. The first-order chi connectivity index (χ1) is 16.9. The fourth-order valence-electron chi connectivity index (χ4n) is 4.53. The van der Waals surface area contributed by atoms with Gasteiger partial charge in [-0.05, 0) is 36.1 Å². The van der Waals surface area contributed by atoms with Crippen LogP contribution in [0, 0.1) is 0 Å². The first kappa shape index (κ1) is 20.9. The molecule has 2 unspecified atom stereocenters. The Morgan fingerprint density at radius 1 is 1.15 bits per heavy atom. The first-order valence-corrected chi connectivity index (χ1v) is 11.4. The third-order valence-electron chi connectivity index (χ3n) is 6.42. The van der Waals surface area contributed by atoms with E-state index in [2.05, 4.69) is 11.9 Å². The van der Waals surface area contributed by atoms with E-state index in [9.17, 15) is 14.4 Å². The molecule has 0 bridgehead atoms. The molecule has 0 saturated carbocycles. The highest BCUT2D eigenvalue weighted by Gasteiger charge is 2.39. The average Bonchev–Trinajstić information content (AvgIpc) is 3.18. The van der Waals surface area contributed by atoms with E-state index in [0.29, 0.717) is 62.7 Å². The van der Waals surface area contributed by atoms with Gasteiger partial charge in [0.1, 0.15) is 25.0 Å². The Labute approximate surface area is 199 Å². The Kier molecular flexibility index (Phi) is 5.73. The number of carbonyl (C=O) groups excluding carboxylic acids is 3. The molecule has 5 rings (SSSR count). The third-order valence-corrected chi connectivity index (χ3v) is 6.42. The number of rotatable bonds is 6. The van der Waals surface area contributed by atoms with E-state index in [4.69, 9.17) is 10.8 Å². The molecule has 3 aliphatic rings. The van der Waals surface area contributed by atoms with Gasteiger partial charge in [0, 0.05) is 29.9 Å². The maximum atomic E-state index is 13.0. The summed E-state index contributed by atoms with van der Waals surface area (Å²) in [5, 5.41) is 2.75. The van der Waals surface area contributed by atoms with Crippen LogP contribution in [-0.2, 0) is 34.0 Å². The van der Waals surface area contributed by atoms with Gasteiger partial charge in [-0.15, -0.1) is 0 Å². The SMILES string of the molecule is [2H]C1OCCN(Cc2ccc(COc3cccc4c3CN(C3CCC(=C)NC3=O)C4=O)cc2)C1=O. The lowest BCUT2D eigenvalue weighted by Gasteiger charge is -2.31. The zero-order valence-corrected chi connectivity index (χ0v) is 18.8. The summed E-state index contributed by atoms with van der Waals surface area (Å²) in [5.74, 6) is -0.0405. The lowest BCUT2D eigenvalue weighted by molar-refractivity contribution is -0.143. The number of morpholine rings is 1. The van der Waals surface area contributed by atoms with Crippen LogP contribution in [0.1, 0.15) is 41.3 Å². The monoisotopic (exact) mass is 462 g/mol. The summed E-state index contributed by atoms with van der Waals surface area (Å²) in [5.41, 5.74) is 3.96. The second kappa shape index (κ2) is 9.30. The molecule has 2 fully saturated rings. The summed E-state index contributed by atoms with van der Waals surface area (Å²) in [4.78, 5) is 40.8. The number of fused-ring (bicyclic) bond motifs is 1. The number of carbonyl (C=O) groups is 3. The van der Waals surface area contributed by atoms with Crippen molar-refractivity contribution in [1.82, 2.24) is 15.1 Å². The molecule has 0 aliphatic carbocycles.